The van der Waals surface area contributed by atoms with Crippen LogP contribution in [0.3, 0.4) is 0 Å². The molecule has 0 bridgehead atoms. The Kier molecular flexibility index (Phi) is 6.83. The molecule has 1 aromatic rings. The van der Waals surface area contributed by atoms with E-state index in [-0.39, 0.29) is 23.7 Å². The predicted octanol–water partition coefficient (Wildman–Crippen LogP) is 3.29. The lowest BCUT2D eigenvalue weighted by Gasteiger charge is -2.37. The highest BCUT2D eigenvalue weighted by Crippen LogP contribution is 2.27. The standard InChI is InChI=1S/C20H30N2O2/c1-4-5-11-18(23)21-12-14-22(15-13-21)20(24)19(16(2)3)17-9-7-6-8-10-17/h6-10,16,19H,4-5,11-15H2,1-3H3. The van der Waals surface area contributed by atoms with Crippen LogP contribution in [0.1, 0.15) is 51.5 Å². The molecular formula is C20H30N2O2. The number of unbranched alkanes of at least 4 members (excludes halogenated alkanes) is 1. The predicted molar refractivity (Wildman–Crippen MR) is 96.7 cm³/mol. The summed E-state index contributed by atoms with van der Waals surface area (Å²) in [6.45, 7) is 8.90. The molecule has 132 valence electrons. The molecule has 0 spiro atoms. The van der Waals surface area contributed by atoms with Crippen LogP contribution >= 0.6 is 0 Å². The topological polar surface area (TPSA) is 40.6 Å². The summed E-state index contributed by atoms with van der Waals surface area (Å²) in [6.07, 6.45) is 2.61. The van der Waals surface area contributed by atoms with Crippen LogP contribution < -0.4 is 0 Å². The van der Waals surface area contributed by atoms with E-state index in [1.807, 2.05) is 40.1 Å². The van der Waals surface area contributed by atoms with Crippen LogP contribution in [-0.4, -0.2) is 47.8 Å². The van der Waals surface area contributed by atoms with E-state index in [9.17, 15) is 9.59 Å². The Hall–Kier alpha value is -1.84. The van der Waals surface area contributed by atoms with Crippen molar-refractivity contribution in [2.75, 3.05) is 26.2 Å². The third-order valence-electron chi connectivity index (χ3n) is 4.78. The first-order valence-electron chi connectivity index (χ1n) is 9.16. The minimum atomic E-state index is -0.103. The van der Waals surface area contributed by atoms with Crippen LogP contribution in [-0.2, 0) is 9.59 Å². The third-order valence-corrected chi connectivity index (χ3v) is 4.78. The fourth-order valence-electron chi connectivity index (χ4n) is 3.33. The van der Waals surface area contributed by atoms with Gasteiger partial charge in [-0.15, -0.1) is 0 Å². The number of carbonyl (C=O) groups is 2. The van der Waals surface area contributed by atoms with E-state index < -0.39 is 0 Å². The molecule has 0 radical (unpaired) electrons. The van der Waals surface area contributed by atoms with Crippen molar-refractivity contribution in [3.05, 3.63) is 35.9 Å². The van der Waals surface area contributed by atoms with E-state index in [1.54, 1.807) is 0 Å². The Labute approximate surface area is 145 Å². The summed E-state index contributed by atoms with van der Waals surface area (Å²) in [5.41, 5.74) is 1.08. The normalized spacial score (nSPS) is 16.3. The lowest BCUT2D eigenvalue weighted by molar-refractivity contribution is -0.141. The number of piperazine rings is 1. The molecule has 0 N–H and O–H groups in total. The summed E-state index contributed by atoms with van der Waals surface area (Å²) in [5.74, 6) is 0.571. The van der Waals surface area contributed by atoms with Gasteiger partial charge in [0.15, 0.2) is 0 Å². The number of carbonyl (C=O) groups excluding carboxylic acids is 2. The molecule has 4 nitrogen and oxygen atoms in total. The zero-order chi connectivity index (χ0) is 17.5. The van der Waals surface area contributed by atoms with E-state index in [2.05, 4.69) is 20.8 Å². The van der Waals surface area contributed by atoms with E-state index in [0.717, 1.165) is 18.4 Å². The zero-order valence-corrected chi connectivity index (χ0v) is 15.2. The van der Waals surface area contributed by atoms with Crippen LogP contribution in [0.4, 0.5) is 0 Å². The SMILES string of the molecule is CCCCC(=O)N1CCN(C(=O)C(c2ccccc2)C(C)C)CC1. The van der Waals surface area contributed by atoms with Crippen molar-refractivity contribution < 1.29 is 9.59 Å². The molecule has 2 amide bonds. The molecule has 1 aromatic carbocycles. The number of rotatable bonds is 6. The van der Waals surface area contributed by atoms with Gasteiger partial charge in [-0.05, 0) is 17.9 Å². The number of hydrogen-bond donors (Lipinski definition) is 0. The van der Waals surface area contributed by atoms with Gasteiger partial charge in [-0.2, -0.15) is 0 Å². The summed E-state index contributed by atoms with van der Waals surface area (Å²) in [5, 5.41) is 0. The van der Waals surface area contributed by atoms with Gasteiger partial charge >= 0.3 is 0 Å². The Bertz CT molecular complexity index is 534. The van der Waals surface area contributed by atoms with Crippen molar-refractivity contribution in [1.29, 1.82) is 0 Å². The van der Waals surface area contributed by atoms with Gasteiger partial charge in [0.25, 0.3) is 0 Å². The minimum absolute atomic E-state index is 0.103. The summed E-state index contributed by atoms with van der Waals surface area (Å²) < 4.78 is 0. The highest BCUT2D eigenvalue weighted by atomic mass is 16.2. The van der Waals surface area contributed by atoms with Crippen molar-refractivity contribution in [2.24, 2.45) is 5.92 Å². The Balaban J connectivity index is 1.97. The highest BCUT2D eigenvalue weighted by Gasteiger charge is 2.31. The molecule has 24 heavy (non-hydrogen) atoms. The van der Waals surface area contributed by atoms with Gasteiger partial charge in [-0.25, -0.2) is 0 Å². The molecule has 1 saturated heterocycles. The summed E-state index contributed by atoms with van der Waals surface area (Å²) in [6, 6.07) is 10.0. The molecule has 2 rings (SSSR count). The Morgan fingerprint density at radius 2 is 1.58 bits per heavy atom. The second kappa shape index (κ2) is 8.86. The molecule has 1 fully saturated rings. The lowest BCUT2D eigenvalue weighted by atomic mass is 9.87. The minimum Gasteiger partial charge on any atom is -0.339 e. The van der Waals surface area contributed by atoms with Crippen LogP contribution in [0.5, 0.6) is 0 Å². The smallest absolute Gasteiger partial charge is 0.230 e. The molecule has 1 atom stereocenters. The van der Waals surface area contributed by atoms with Gasteiger partial charge in [-0.1, -0.05) is 57.5 Å². The zero-order valence-electron chi connectivity index (χ0n) is 15.2. The van der Waals surface area contributed by atoms with Crippen molar-refractivity contribution >= 4 is 11.8 Å². The third kappa shape index (κ3) is 4.59. The number of benzene rings is 1. The largest absolute Gasteiger partial charge is 0.339 e. The number of amides is 2. The fourth-order valence-corrected chi connectivity index (χ4v) is 3.33. The van der Waals surface area contributed by atoms with Crippen molar-refractivity contribution in [3.8, 4) is 0 Å². The quantitative estimate of drug-likeness (QED) is 0.803. The highest BCUT2D eigenvalue weighted by molar-refractivity contribution is 5.84. The van der Waals surface area contributed by atoms with Gasteiger partial charge in [0.05, 0.1) is 5.92 Å². The van der Waals surface area contributed by atoms with Gasteiger partial charge < -0.3 is 9.80 Å². The molecule has 1 aliphatic heterocycles. The maximum Gasteiger partial charge on any atom is 0.230 e. The van der Waals surface area contributed by atoms with E-state index in [1.165, 1.54) is 0 Å². The second-order valence-corrected chi connectivity index (χ2v) is 6.94. The van der Waals surface area contributed by atoms with Crippen LogP contribution in [0.15, 0.2) is 30.3 Å². The Morgan fingerprint density at radius 3 is 2.12 bits per heavy atom. The van der Waals surface area contributed by atoms with Crippen molar-refractivity contribution in [1.82, 2.24) is 9.80 Å². The van der Waals surface area contributed by atoms with E-state index >= 15 is 0 Å². The Morgan fingerprint density at radius 1 is 1.00 bits per heavy atom. The number of nitrogens with zero attached hydrogens (tertiary/aromatic N) is 2. The number of hydrogen-bond acceptors (Lipinski definition) is 2. The van der Waals surface area contributed by atoms with E-state index in [0.29, 0.717) is 32.6 Å². The first kappa shape index (κ1) is 18.5. The second-order valence-electron chi connectivity index (χ2n) is 6.94. The van der Waals surface area contributed by atoms with Crippen molar-refractivity contribution in [3.63, 3.8) is 0 Å². The fraction of sp³-hybridized carbons (Fsp3) is 0.600. The molecule has 1 unspecified atom stereocenters. The van der Waals surface area contributed by atoms with Gasteiger partial charge in [0.1, 0.15) is 0 Å². The van der Waals surface area contributed by atoms with E-state index in [4.69, 9.17) is 0 Å². The summed E-state index contributed by atoms with van der Waals surface area (Å²) in [7, 11) is 0. The molecular weight excluding hydrogens is 300 g/mol. The maximum atomic E-state index is 13.0. The average molecular weight is 330 g/mol. The first-order chi connectivity index (χ1) is 11.5. The van der Waals surface area contributed by atoms with Gasteiger partial charge in [0.2, 0.25) is 11.8 Å². The average Bonchev–Trinajstić information content (AvgIpc) is 2.60. The van der Waals surface area contributed by atoms with Crippen molar-refractivity contribution in [2.45, 2.75) is 46.0 Å². The molecule has 1 heterocycles. The van der Waals surface area contributed by atoms with Crippen LogP contribution in [0.2, 0.25) is 0 Å². The van der Waals surface area contributed by atoms with Gasteiger partial charge in [0, 0.05) is 32.6 Å². The lowest BCUT2D eigenvalue weighted by Crippen LogP contribution is -2.52. The summed E-state index contributed by atoms with van der Waals surface area (Å²) in [4.78, 5) is 29.0. The van der Waals surface area contributed by atoms with Gasteiger partial charge in [-0.3, -0.25) is 9.59 Å². The monoisotopic (exact) mass is 330 g/mol. The maximum absolute atomic E-state index is 13.0. The first-order valence-corrected chi connectivity index (χ1v) is 9.16. The molecule has 1 aliphatic rings. The molecule has 0 aromatic heterocycles. The summed E-state index contributed by atoms with van der Waals surface area (Å²) >= 11 is 0. The molecule has 4 heteroatoms. The molecule has 0 saturated carbocycles. The molecule has 0 aliphatic carbocycles. The van der Waals surface area contributed by atoms with Crippen LogP contribution in [0.25, 0.3) is 0 Å². The van der Waals surface area contributed by atoms with Crippen LogP contribution in [0, 0.1) is 5.92 Å².